The summed E-state index contributed by atoms with van der Waals surface area (Å²) in [6, 6.07) is 16.5. The third kappa shape index (κ3) is 6.40. The van der Waals surface area contributed by atoms with Crippen molar-refractivity contribution in [3.05, 3.63) is 70.7 Å². The molecule has 0 bridgehead atoms. The predicted molar refractivity (Wildman–Crippen MR) is 110 cm³/mol. The van der Waals surface area contributed by atoms with E-state index in [2.05, 4.69) is 5.32 Å². The van der Waals surface area contributed by atoms with Gasteiger partial charge in [0.2, 0.25) is 11.8 Å². The van der Waals surface area contributed by atoms with E-state index >= 15 is 0 Å². The summed E-state index contributed by atoms with van der Waals surface area (Å²) >= 11 is 5.93. The van der Waals surface area contributed by atoms with E-state index in [-0.39, 0.29) is 18.2 Å². The Morgan fingerprint density at radius 2 is 1.67 bits per heavy atom. The van der Waals surface area contributed by atoms with Crippen LogP contribution < -0.4 is 5.32 Å². The Morgan fingerprint density at radius 1 is 1.00 bits per heavy atom. The molecule has 2 aromatic rings. The Kier molecular flexibility index (Phi) is 8.34. The van der Waals surface area contributed by atoms with Crippen molar-refractivity contribution in [1.82, 2.24) is 10.2 Å². The van der Waals surface area contributed by atoms with Crippen LogP contribution in [0.4, 0.5) is 0 Å². The van der Waals surface area contributed by atoms with Crippen molar-refractivity contribution >= 4 is 23.4 Å². The van der Waals surface area contributed by atoms with Crippen LogP contribution in [-0.2, 0) is 22.6 Å². The SMILES string of the molecule is CCCNC(=O)C(CC)N(Cc1ccccc1)C(=O)Cc1ccc(Cl)cc1. The van der Waals surface area contributed by atoms with Gasteiger partial charge in [-0.15, -0.1) is 0 Å². The molecule has 5 heteroatoms. The van der Waals surface area contributed by atoms with E-state index in [9.17, 15) is 9.59 Å². The van der Waals surface area contributed by atoms with E-state index in [1.165, 1.54) is 0 Å². The van der Waals surface area contributed by atoms with Gasteiger partial charge in [-0.2, -0.15) is 0 Å². The van der Waals surface area contributed by atoms with Gasteiger partial charge in [0.05, 0.1) is 6.42 Å². The maximum atomic E-state index is 13.1. The second kappa shape index (κ2) is 10.7. The van der Waals surface area contributed by atoms with Gasteiger partial charge < -0.3 is 10.2 Å². The van der Waals surface area contributed by atoms with Crippen LogP contribution in [0, 0.1) is 0 Å². The normalized spacial score (nSPS) is 11.7. The Labute approximate surface area is 166 Å². The number of hydrogen-bond acceptors (Lipinski definition) is 2. The van der Waals surface area contributed by atoms with Crippen molar-refractivity contribution < 1.29 is 9.59 Å². The minimum absolute atomic E-state index is 0.0697. The smallest absolute Gasteiger partial charge is 0.242 e. The topological polar surface area (TPSA) is 49.4 Å². The molecule has 0 spiro atoms. The minimum Gasteiger partial charge on any atom is -0.354 e. The molecule has 4 nitrogen and oxygen atoms in total. The molecule has 2 amide bonds. The highest BCUT2D eigenvalue weighted by molar-refractivity contribution is 6.30. The Hall–Kier alpha value is -2.33. The number of amides is 2. The average molecular weight is 387 g/mol. The van der Waals surface area contributed by atoms with Crippen LogP contribution in [0.25, 0.3) is 0 Å². The van der Waals surface area contributed by atoms with Crippen molar-refractivity contribution in [3.63, 3.8) is 0 Å². The maximum absolute atomic E-state index is 13.1. The standard InChI is InChI=1S/C22H27ClN2O2/c1-3-14-24-22(27)20(4-2)25(16-18-8-6-5-7-9-18)21(26)15-17-10-12-19(23)13-11-17/h5-13,20H,3-4,14-16H2,1-2H3,(H,24,27). The summed E-state index contributed by atoms with van der Waals surface area (Å²) in [5.74, 6) is -0.167. The lowest BCUT2D eigenvalue weighted by Gasteiger charge is -2.30. The Morgan fingerprint density at radius 3 is 2.26 bits per heavy atom. The molecule has 2 aromatic carbocycles. The summed E-state index contributed by atoms with van der Waals surface area (Å²) in [7, 11) is 0. The third-order valence-electron chi connectivity index (χ3n) is 4.40. The van der Waals surface area contributed by atoms with Crippen LogP contribution in [0.1, 0.15) is 37.8 Å². The van der Waals surface area contributed by atoms with Gasteiger partial charge in [0, 0.05) is 18.1 Å². The van der Waals surface area contributed by atoms with Crippen LogP contribution in [0.3, 0.4) is 0 Å². The van der Waals surface area contributed by atoms with E-state index in [0.29, 0.717) is 24.5 Å². The van der Waals surface area contributed by atoms with Crippen molar-refractivity contribution in [2.75, 3.05) is 6.54 Å². The molecule has 1 N–H and O–H groups in total. The van der Waals surface area contributed by atoms with Crippen molar-refractivity contribution in [3.8, 4) is 0 Å². The number of hydrogen-bond donors (Lipinski definition) is 1. The molecule has 0 aromatic heterocycles. The zero-order valence-corrected chi connectivity index (χ0v) is 16.7. The van der Waals surface area contributed by atoms with Gasteiger partial charge in [-0.05, 0) is 36.1 Å². The molecule has 0 aliphatic rings. The van der Waals surface area contributed by atoms with Gasteiger partial charge in [-0.3, -0.25) is 9.59 Å². The lowest BCUT2D eigenvalue weighted by molar-refractivity contribution is -0.140. The predicted octanol–water partition coefficient (Wildman–Crippen LogP) is 4.22. The lowest BCUT2D eigenvalue weighted by atomic mass is 10.1. The number of halogens is 1. The number of carbonyl (C=O) groups is 2. The molecule has 27 heavy (non-hydrogen) atoms. The highest BCUT2D eigenvalue weighted by Gasteiger charge is 2.28. The number of benzene rings is 2. The van der Waals surface area contributed by atoms with Crippen LogP contribution >= 0.6 is 11.6 Å². The molecule has 0 saturated carbocycles. The lowest BCUT2D eigenvalue weighted by Crippen LogP contribution is -2.49. The molecular weight excluding hydrogens is 360 g/mol. The molecule has 0 aliphatic carbocycles. The maximum Gasteiger partial charge on any atom is 0.242 e. The van der Waals surface area contributed by atoms with Gasteiger partial charge in [-0.1, -0.05) is 67.9 Å². The third-order valence-corrected chi connectivity index (χ3v) is 4.65. The largest absolute Gasteiger partial charge is 0.354 e. The molecule has 144 valence electrons. The summed E-state index contributed by atoms with van der Waals surface area (Å²) < 4.78 is 0. The quantitative estimate of drug-likeness (QED) is 0.701. The van der Waals surface area contributed by atoms with Gasteiger partial charge >= 0.3 is 0 Å². The Bertz CT molecular complexity index is 732. The van der Waals surface area contributed by atoms with Gasteiger partial charge in [-0.25, -0.2) is 0 Å². The molecule has 2 rings (SSSR count). The first-order valence-electron chi connectivity index (χ1n) is 9.40. The fourth-order valence-corrected chi connectivity index (χ4v) is 3.07. The van der Waals surface area contributed by atoms with Gasteiger partial charge in [0.1, 0.15) is 6.04 Å². The Balaban J connectivity index is 2.22. The molecule has 0 fully saturated rings. The second-order valence-electron chi connectivity index (χ2n) is 6.53. The fourth-order valence-electron chi connectivity index (χ4n) is 2.94. The zero-order chi connectivity index (χ0) is 19.6. The first kappa shape index (κ1) is 21.0. The van der Waals surface area contributed by atoms with Crippen LogP contribution in [-0.4, -0.2) is 29.3 Å². The van der Waals surface area contributed by atoms with E-state index < -0.39 is 6.04 Å². The van der Waals surface area contributed by atoms with E-state index in [0.717, 1.165) is 17.5 Å². The number of rotatable bonds is 9. The molecular formula is C22H27ClN2O2. The van der Waals surface area contributed by atoms with Crippen LogP contribution in [0.2, 0.25) is 5.02 Å². The zero-order valence-electron chi connectivity index (χ0n) is 16.0. The van der Waals surface area contributed by atoms with E-state index in [4.69, 9.17) is 11.6 Å². The first-order chi connectivity index (χ1) is 13.0. The fraction of sp³-hybridized carbons (Fsp3) is 0.364. The second-order valence-corrected chi connectivity index (χ2v) is 6.96. The van der Waals surface area contributed by atoms with Crippen molar-refractivity contribution in [2.24, 2.45) is 0 Å². The van der Waals surface area contributed by atoms with Crippen LogP contribution in [0.15, 0.2) is 54.6 Å². The van der Waals surface area contributed by atoms with Crippen molar-refractivity contribution in [2.45, 2.75) is 45.7 Å². The number of carbonyl (C=O) groups excluding carboxylic acids is 2. The molecule has 1 atom stereocenters. The van der Waals surface area contributed by atoms with Gasteiger partial charge in [0.15, 0.2) is 0 Å². The summed E-state index contributed by atoms with van der Waals surface area (Å²) in [5.41, 5.74) is 1.88. The highest BCUT2D eigenvalue weighted by atomic mass is 35.5. The minimum atomic E-state index is -0.489. The van der Waals surface area contributed by atoms with Crippen LogP contribution in [0.5, 0.6) is 0 Å². The summed E-state index contributed by atoms with van der Waals surface area (Å²) in [5, 5.41) is 3.56. The summed E-state index contributed by atoms with van der Waals surface area (Å²) in [6.45, 7) is 4.96. The van der Waals surface area contributed by atoms with Gasteiger partial charge in [0.25, 0.3) is 0 Å². The van der Waals surface area contributed by atoms with Crippen molar-refractivity contribution in [1.29, 1.82) is 0 Å². The molecule has 0 saturated heterocycles. The summed E-state index contributed by atoms with van der Waals surface area (Å²) in [4.78, 5) is 27.4. The molecule has 0 radical (unpaired) electrons. The first-order valence-corrected chi connectivity index (χ1v) is 9.78. The average Bonchev–Trinajstić information content (AvgIpc) is 2.68. The molecule has 0 aliphatic heterocycles. The number of nitrogens with one attached hydrogen (secondary N) is 1. The van der Waals surface area contributed by atoms with E-state index in [1.807, 2.05) is 56.3 Å². The monoisotopic (exact) mass is 386 g/mol. The molecule has 0 heterocycles. The summed E-state index contributed by atoms with van der Waals surface area (Å²) in [6.07, 6.45) is 1.66. The number of nitrogens with zero attached hydrogens (tertiary/aromatic N) is 1. The van der Waals surface area contributed by atoms with E-state index in [1.54, 1.807) is 17.0 Å². The highest BCUT2D eigenvalue weighted by Crippen LogP contribution is 2.16. The molecule has 1 unspecified atom stereocenters.